The lowest BCUT2D eigenvalue weighted by Gasteiger charge is -2.28. The van der Waals surface area contributed by atoms with Crippen LogP contribution in [-0.4, -0.2) is 25.2 Å². The van der Waals surface area contributed by atoms with Crippen molar-refractivity contribution in [2.24, 2.45) is 5.92 Å². The van der Waals surface area contributed by atoms with E-state index < -0.39 is 0 Å². The molecular formula is C15H20BrNO2. The molecule has 104 valence electrons. The summed E-state index contributed by atoms with van der Waals surface area (Å²) in [5, 5.41) is 3.10. The van der Waals surface area contributed by atoms with Gasteiger partial charge in [-0.1, -0.05) is 15.9 Å². The average molecular weight is 326 g/mol. The van der Waals surface area contributed by atoms with Crippen LogP contribution < -0.4 is 5.32 Å². The topological polar surface area (TPSA) is 38.3 Å². The van der Waals surface area contributed by atoms with Gasteiger partial charge in [0.2, 0.25) is 0 Å². The fourth-order valence-electron chi connectivity index (χ4n) is 2.49. The van der Waals surface area contributed by atoms with Crippen LogP contribution in [0.3, 0.4) is 0 Å². The second-order valence-electron chi connectivity index (χ2n) is 5.23. The molecule has 1 saturated heterocycles. The number of ether oxygens (including phenoxy) is 1. The van der Waals surface area contributed by atoms with Crippen molar-refractivity contribution < 1.29 is 9.53 Å². The van der Waals surface area contributed by atoms with Gasteiger partial charge in [0.25, 0.3) is 5.91 Å². The van der Waals surface area contributed by atoms with Crippen molar-refractivity contribution in [3.05, 3.63) is 33.8 Å². The molecule has 1 N–H and O–H groups in total. The molecule has 1 unspecified atom stereocenters. The minimum Gasteiger partial charge on any atom is -0.381 e. The van der Waals surface area contributed by atoms with E-state index in [9.17, 15) is 4.79 Å². The molecular weight excluding hydrogens is 306 g/mol. The smallest absolute Gasteiger partial charge is 0.251 e. The number of carbonyl (C=O) groups excluding carboxylic acids is 1. The second kappa shape index (κ2) is 6.53. The molecule has 19 heavy (non-hydrogen) atoms. The van der Waals surface area contributed by atoms with Crippen molar-refractivity contribution in [2.75, 3.05) is 13.2 Å². The number of nitrogens with one attached hydrogen (secondary N) is 1. The Morgan fingerprint density at radius 2 is 2.05 bits per heavy atom. The molecule has 3 nitrogen and oxygen atoms in total. The Labute approximate surface area is 122 Å². The molecule has 1 aromatic rings. The Morgan fingerprint density at radius 1 is 1.37 bits per heavy atom. The first-order chi connectivity index (χ1) is 9.06. The van der Waals surface area contributed by atoms with Crippen LogP contribution >= 0.6 is 15.9 Å². The summed E-state index contributed by atoms with van der Waals surface area (Å²) in [5.74, 6) is 0.523. The lowest BCUT2D eigenvalue weighted by atomic mass is 9.92. The predicted octanol–water partition coefficient (Wildman–Crippen LogP) is 3.30. The van der Waals surface area contributed by atoms with Crippen LogP contribution in [-0.2, 0) is 4.74 Å². The fourth-order valence-corrected chi connectivity index (χ4v) is 3.10. The summed E-state index contributed by atoms with van der Waals surface area (Å²) < 4.78 is 6.29. The van der Waals surface area contributed by atoms with Crippen LogP contribution in [0.4, 0.5) is 0 Å². The van der Waals surface area contributed by atoms with E-state index >= 15 is 0 Å². The number of amides is 1. The average Bonchev–Trinajstić information content (AvgIpc) is 2.38. The number of halogens is 1. The second-order valence-corrected chi connectivity index (χ2v) is 6.14. The standard InChI is InChI=1S/C15H20BrNO2/c1-10-7-13(9-14(16)8-10)15(18)17-11(2)12-3-5-19-6-4-12/h7-9,11-12H,3-6H2,1-2H3,(H,17,18). The summed E-state index contributed by atoms with van der Waals surface area (Å²) in [5.41, 5.74) is 1.80. The molecule has 1 aliphatic rings. The zero-order chi connectivity index (χ0) is 13.8. The summed E-state index contributed by atoms with van der Waals surface area (Å²) in [7, 11) is 0. The number of carbonyl (C=O) groups is 1. The van der Waals surface area contributed by atoms with Gasteiger partial charge in [-0.3, -0.25) is 4.79 Å². The Hall–Kier alpha value is -0.870. The quantitative estimate of drug-likeness (QED) is 0.925. The van der Waals surface area contributed by atoms with Crippen LogP contribution in [0.5, 0.6) is 0 Å². The SMILES string of the molecule is Cc1cc(Br)cc(C(=O)NC(C)C2CCOCC2)c1. The molecule has 1 fully saturated rings. The Balaban J connectivity index is 1.99. The molecule has 2 rings (SSSR count). The molecule has 0 aliphatic carbocycles. The third-order valence-corrected chi connectivity index (χ3v) is 4.09. The van der Waals surface area contributed by atoms with Crippen molar-refractivity contribution in [1.82, 2.24) is 5.32 Å². The number of rotatable bonds is 3. The highest BCUT2D eigenvalue weighted by molar-refractivity contribution is 9.10. The van der Waals surface area contributed by atoms with Crippen LogP contribution in [0.25, 0.3) is 0 Å². The van der Waals surface area contributed by atoms with Gasteiger partial charge in [-0.15, -0.1) is 0 Å². The Bertz CT molecular complexity index is 435. The molecule has 4 heteroatoms. The number of hydrogen-bond donors (Lipinski definition) is 1. The minimum absolute atomic E-state index is 0.00314. The molecule has 1 aromatic carbocycles. The highest BCUT2D eigenvalue weighted by Gasteiger charge is 2.22. The molecule has 1 amide bonds. The van der Waals surface area contributed by atoms with Crippen molar-refractivity contribution in [3.63, 3.8) is 0 Å². The highest BCUT2D eigenvalue weighted by atomic mass is 79.9. The maximum atomic E-state index is 12.2. The van der Waals surface area contributed by atoms with Crippen molar-refractivity contribution in [1.29, 1.82) is 0 Å². The lowest BCUT2D eigenvalue weighted by molar-refractivity contribution is 0.0538. The number of hydrogen-bond acceptors (Lipinski definition) is 2. The first-order valence-corrected chi connectivity index (χ1v) is 7.51. The fraction of sp³-hybridized carbons (Fsp3) is 0.533. The summed E-state index contributed by atoms with van der Waals surface area (Å²) in [6.45, 7) is 5.68. The molecule has 0 spiro atoms. The number of aryl methyl sites for hydroxylation is 1. The van der Waals surface area contributed by atoms with E-state index in [0.29, 0.717) is 11.5 Å². The van der Waals surface area contributed by atoms with Gasteiger partial charge in [0.1, 0.15) is 0 Å². The molecule has 1 heterocycles. The van der Waals surface area contributed by atoms with Crippen molar-refractivity contribution in [2.45, 2.75) is 32.7 Å². The molecule has 0 aromatic heterocycles. The van der Waals surface area contributed by atoms with Gasteiger partial charge in [-0.05, 0) is 56.4 Å². The number of benzene rings is 1. The van der Waals surface area contributed by atoms with Gasteiger partial charge >= 0.3 is 0 Å². The molecule has 0 bridgehead atoms. The van der Waals surface area contributed by atoms with Crippen molar-refractivity contribution in [3.8, 4) is 0 Å². The minimum atomic E-state index is 0.00314. The summed E-state index contributed by atoms with van der Waals surface area (Å²) >= 11 is 3.43. The van der Waals surface area contributed by atoms with Crippen LogP contribution in [0, 0.1) is 12.8 Å². The van der Waals surface area contributed by atoms with Gasteiger partial charge in [0, 0.05) is 29.3 Å². The summed E-state index contributed by atoms with van der Waals surface area (Å²) in [4.78, 5) is 12.2. The van der Waals surface area contributed by atoms with Crippen LogP contribution in [0.2, 0.25) is 0 Å². The molecule has 0 saturated carbocycles. The molecule has 1 aliphatic heterocycles. The van der Waals surface area contributed by atoms with Gasteiger partial charge < -0.3 is 10.1 Å². The summed E-state index contributed by atoms with van der Waals surface area (Å²) in [6, 6.07) is 5.96. The normalized spacial score (nSPS) is 18.1. The van der Waals surface area contributed by atoms with Gasteiger partial charge in [-0.2, -0.15) is 0 Å². The van der Waals surface area contributed by atoms with E-state index in [1.807, 2.05) is 25.1 Å². The lowest BCUT2D eigenvalue weighted by Crippen LogP contribution is -2.40. The van der Waals surface area contributed by atoms with Gasteiger partial charge in [0.15, 0.2) is 0 Å². The summed E-state index contributed by atoms with van der Waals surface area (Å²) in [6.07, 6.45) is 2.05. The maximum Gasteiger partial charge on any atom is 0.251 e. The Morgan fingerprint density at radius 3 is 2.68 bits per heavy atom. The first kappa shape index (κ1) is 14.5. The van der Waals surface area contributed by atoms with E-state index in [1.54, 1.807) is 0 Å². The van der Waals surface area contributed by atoms with E-state index in [2.05, 4.69) is 28.2 Å². The molecule has 1 atom stereocenters. The first-order valence-electron chi connectivity index (χ1n) is 6.72. The van der Waals surface area contributed by atoms with Crippen LogP contribution in [0.15, 0.2) is 22.7 Å². The van der Waals surface area contributed by atoms with Gasteiger partial charge in [0.05, 0.1) is 0 Å². The van der Waals surface area contributed by atoms with E-state index in [0.717, 1.165) is 36.1 Å². The van der Waals surface area contributed by atoms with E-state index in [1.165, 1.54) is 0 Å². The van der Waals surface area contributed by atoms with E-state index in [4.69, 9.17) is 4.74 Å². The van der Waals surface area contributed by atoms with E-state index in [-0.39, 0.29) is 11.9 Å². The monoisotopic (exact) mass is 325 g/mol. The van der Waals surface area contributed by atoms with Gasteiger partial charge in [-0.25, -0.2) is 0 Å². The predicted molar refractivity (Wildman–Crippen MR) is 79.4 cm³/mol. The zero-order valence-corrected chi connectivity index (χ0v) is 13.0. The van der Waals surface area contributed by atoms with Crippen LogP contribution in [0.1, 0.15) is 35.7 Å². The third kappa shape index (κ3) is 4.05. The van der Waals surface area contributed by atoms with Crippen molar-refractivity contribution >= 4 is 21.8 Å². The molecule has 0 radical (unpaired) electrons. The Kier molecular flexibility index (Phi) is 4.99. The third-order valence-electron chi connectivity index (χ3n) is 3.64. The maximum absolute atomic E-state index is 12.2. The largest absolute Gasteiger partial charge is 0.381 e. The highest BCUT2D eigenvalue weighted by Crippen LogP contribution is 2.20. The zero-order valence-electron chi connectivity index (χ0n) is 11.4.